The molecule has 0 saturated heterocycles. The van der Waals surface area contributed by atoms with Crippen LogP contribution in [0.4, 0.5) is 0 Å². The van der Waals surface area contributed by atoms with Gasteiger partial charge in [0.2, 0.25) is 0 Å². The van der Waals surface area contributed by atoms with Crippen molar-refractivity contribution < 1.29 is 9.53 Å². The number of esters is 1. The van der Waals surface area contributed by atoms with Gasteiger partial charge in [-0.15, -0.1) is 0 Å². The van der Waals surface area contributed by atoms with Crippen molar-refractivity contribution in [3.05, 3.63) is 0 Å². The van der Waals surface area contributed by atoms with Gasteiger partial charge in [-0.05, 0) is 55.3 Å². The molecule has 0 radical (unpaired) electrons. The van der Waals surface area contributed by atoms with Crippen LogP contribution in [-0.4, -0.2) is 74.7 Å². The monoisotopic (exact) mass is 287 g/mol. The Morgan fingerprint density at radius 2 is 1.80 bits per heavy atom. The molecular weight excluding hydrogens is 254 g/mol. The van der Waals surface area contributed by atoms with Crippen molar-refractivity contribution in [3.8, 4) is 0 Å². The lowest BCUT2D eigenvalue weighted by atomic mass is 9.96. The standard InChI is InChI=1S/C15H33N3O2/c1-8-20-14(19)15(4,16-13(2)3)9-10-18(7)12-11-17(5)6/h13,16H,8-12H2,1-7H3. The average molecular weight is 287 g/mol. The van der Waals surface area contributed by atoms with E-state index in [0.29, 0.717) is 6.61 Å². The van der Waals surface area contributed by atoms with Gasteiger partial charge < -0.3 is 14.5 Å². The molecule has 0 aromatic heterocycles. The maximum Gasteiger partial charge on any atom is 0.326 e. The highest BCUT2D eigenvalue weighted by atomic mass is 16.5. The molecule has 120 valence electrons. The summed E-state index contributed by atoms with van der Waals surface area (Å²) in [5, 5.41) is 3.35. The van der Waals surface area contributed by atoms with E-state index >= 15 is 0 Å². The highest BCUT2D eigenvalue weighted by Gasteiger charge is 2.34. The summed E-state index contributed by atoms with van der Waals surface area (Å²) < 4.78 is 5.21. The number of nitrogens with one attached hydrogen (secondary N) is 1. The van der Waals surface area contributed by atoms with Crippen LogP contribution in [0.15, 0.2) is 0 Å². The summed E-state index contributed by atoms with van der Waals surface area (Å²) in [5.74, 6) is -0.158. The van der Waals surface area contributed by atoms with Crippen LogP contribution < -0.4 is 5.32 Å². The normalized spacial score (nSPS) is 14.9. The van der Waals surface area contributed by atoms with Crippen molar-refractivity contribution in [2.45, 2.75) is 45.7 Å². The fourth-order valence-electron chi connectivity index (χ4n) is 2.06. The van der Waals surface area contributed by atoms with Crippen LogP contribution in [0.2, 0.25) is 0 Å². The van der Waals surface area contributed by atoms with Gasteiger partial charge >= 0.3 is 5.97 Å². The molecule has 0 fully saturated rings. The third-order valence-corrected chi connectivity index (χ3v) is 3.26. The van der Waals surface area contributed by atoms with Gasteiger partial charge in [-0.3, -0.25) is 10.1 Å². The Morgan fingerprint density at radius 3 is 2.25 bits per heavy atom. The number of nitrogens with zero attached hydrogens (tertiary/aromatic N) is 2. The highest BCUT2D eigenvalue weighted by molar-refractivity contribution is 5.80. The fraction of sp³-hybridized carbons (Fsp3) is 0.933. The van der Waals surface area contributed by atoms with Gasteiger partial charge in [0.25, 0.3) is 0 Å². The molecule has 0 bridgehead atoms. The van der Waals surface area contributed by atoms with Crippen molar-refractivity contribution in [3.63, 3.8) is 0 Å². The molecule has 0 aliphatic heterocycles. The lowest BCUT2D eigenvalue weighted by molar-refractivity contribution is -0.151. The number of carbonyl (C=O) groups is 1. The van der Waals surface area contributed by atoms with Gasteiger partial charge in [0, 0.05) is 25.7 Å². The van der Waals surface area contributed by atoms with Gasteiger partial charge in [-0.2, -0.15) is 0 Å². The Kier molecular flexibility index (Phi) is 9.01. The van der Waals surface area contributed by atoms with Gasteiger partial charge in [0.15, 0.2) is 0 Å². The number of hydrogen-bond donors (Lipinski definition) is 1. The largest absolute Gasteiger partial charge is 0.465 e. The Labute approximate surface area is 124 Å². The first-order valence-corrected chi connectivity index (χ1v) is 7.49. The summed E-state index contributed by atoms with van der Waals surface area (Å²) >= 11 is 0. The second-order valence-corrected chi connectivity index (χ2v) is 6.21. The van der Waals surface area contributed by atoms with E-state index in [9.17, 15) is 4.79 Å². The van der Waals surface area contributed by atoms with Crippen molar-refractivity contribution in [2.24, 2.45) is 0 Å². The average Bonchev–Trinajstić information content (AvgIpc) is 2.33. The van der Waals surface area contributed by atoms with E-state index in [4.69, 9.17) is 4.74 Å². The third-order valence-electron chi connectivity index (χ3n) is 3.26. The van der Waals surface area contributed by atoms with Crippen LogP contribution in [0.25, 0.3) is 0 Å². The zero-order chi connectivity index (χ0) is 15.8. The molecule has 0 aromatic rings. The smallest absolute Gasteiger partial charge is 0.326 e. The molecule has 0 aliphatic rings. The quantitative estimate of drug-likeness (QED) is 0.612. The van der Waals surface area contributed by atoms with Gasteiger partial charge in [0.05, 0.1) is 6.61 Å². The van der Waals surface area contributed by atoms with E-state index in [2.05, 4.69) is 36.3 Å². The molecule has 1 N–H and O–H groups in total. The molecule has 0 aromatic carbocycles. The lowest BCUT2D eigenvalue weighted by Crippen LogP contribution is -2.54. The molecule has 0 heterocycles. The molecule has 0 spiro atoms. The number of hydrogen-bond acceptors (Lipinski definition) is 5. The van der Waals surface area contributed by atoms with Gasteiger partial charge in [0.1, 0.15) is 5.54 Å². The predicted octanol–water partition coefficient (Wildman–Crippen LogP) is 1.19. The highest BCUT2D eigenvalue weighted by Crippen LogP contribution is 2.14. The maximum atomic E-state index is 12.2. The molecule has 0 aliphatic carbocycles. The number of rotatable bonds is 10. The molecule has 1 atom stereocenters. The summed E-state index contributed by atoms with van der Waals surface area (Å²) in [6, 6.07) is 0.247. The molecule has 20 heavy (non-hydrogen) atoms. The van der Waals surface area contributed by atoms with E-state index in [0.717, 1.165) is 26.1 Å². The summed E-state index contributed by atoms with van der Waals surface area (Å²) in [7, 11) is 6.22. The molecule has 1 unspecified atom stereocenters. The predicted molar refractivity (Wildman–Crippen MR) is 84.0 cm³/mol. The zero-order valence-electron chi connectivity index (χ0n) is 14.3. The molecule has 0 saturated carbocycles. The Bertz CT molecular complexity index is 282. The summed E-state index contributed by atoms with van der Waals surface area (Å²) in [4.78, 5) is 16.6. The first-order valence-electron chi connectivity index (χ1n) is 7.49. The molecule has 5 heteroatoms. The van der Waals surface area contributed by atoms with Crippen LogP contribution >= 0.6 is 0 Å². The van der Waals surface area contributed by atoms with Crippen LogP contribution in [0.5, 0.6) is 0 Å². The second kappa shape index (κ2) is 9.32. The van der Waals surface area contributed by atoms with E-state index < -0.39 is 5.54 Å². The van der Waals surface area contributed by atoms with Crippen molar-refractivity contribution >= 4 is 5.97 Å². The van der Waals surface area contributed by atoms with Crippen molar-refractivity contribution in [2.75, 3.05) is 47.4 Å². The minimum absolute atomic E-state index is 0.158. The maximum absolute atomic E-state index is 12.2. The molecular formula is C15H33N3O2. The van der Waals surface area contributed by atoms with E-state index in [1.54, 1.807) is 0 Å². The van der Waals surface area contributed by atoms with E-state index in [1.807, 2.05) is 27.7 Å². The zero-order valence-corrected chi connectivity index (χ0v) is 14.3. The molecule has 5 nitrogen and oxygen atoms in total. The van der Waals surface area contributed by atoms with Gasteiger partial charge in [-0.25, -0.2) is 0 Å². The number of ether oxygens (including phenoxy) is 1. The minimum atomic E-state index is -0.615. The fourth-order valence-corrected chi connectivity index (χ4v) is 2.06. The Balaban J connectivity index is 4.46. The third kappa shape index (κ3) is 7.82. The Morgan fingerprint density at radius 1 is 1.20 bits per heavy atom. The van der Waals surface area contributed by atoms with E-state index in [1.165, 1.54) is 0 Å². The summed E-state index contributed by atoms with van der Waals surface area (Å²) in [6.45, 7) is 11.2. The van der Waals surface area contributed by atoms with Crippen LogP contribution in [-0.2, 0) is 9.53 Å². The number of likely N-dealkylation sites (N-methyl/N-ethyl adjacent to an activating group) is 2. The van der Waals surface area contributed by atoms with Gasteiger partial charge in [-0.1, -0.05) is 0 Å². The summed E-state index contributed by atoms with van der Waals surface area (Å²) in [6.07, 6.45) is 0.744. The topological polar surface area (TPSA) is 44.8 Å². The first-order chi connectivity index (χ1) is 9.21. The SMILES string of the molecule is CCOC(=O)C(C)(CCN(C)CCN(C)C)NC(C)C. The molecule has 0 rings (SSSR count). The van der Waals surface area contributed by atoms with E-state index in [-0.39, 0.29) is 12.0 Å². The first kappa shape index (κ1) is 19.4. The molecule has 0 amide bonds. The van der Waals surface area contributed by atoms with Crippen molar-refractivity contribution in [1.82, 2.24) is 15.1 Å². The second-order valence-electron chi connectivity index (χ2n) is 6.21. The summed E-state index contributed by atoms with van der Waals surface area (Å²) in [5.41, 5.74) is -0.615. The minimum Gasteiger partial charge on any atom is -0.465 e. The lowest BCUT2D eigenvalue weighted by Gasteiger charge is -2.32. The van der Waals surface area contributed by atoms with Crippen molar-refractivity contribution in [1.29, 1.82) is 0 Å². The van der Waals surface area contributed by atoms with Crippen LogP contribution in [0.1, 0.15) is 34.1 Å². The Hall–Kier alpha value is -0.650. The van der Waals surface area contributed by atoms with Crippen LogP contribution in [0, 0.1) is 0 Å². The van der Waals surface area contributed by atoms with Crippen LogP contribution in [0.3, 0.4) is 0 Å². The number of carbonyl (C=O) groups excluding carboxylic acids is 1.